The van der Waals surface area contributed by atoms with E-state index in [9.17, 15) is 9.59 Å². The second-order valence-corrected chi connectivity index (χ2v) is 8.27. The van der Waals surface area contributed by atoms with Crippen LogP contribution in [0.3, 0.4) is 0 Å². The molecule has 3 N–H and O–H groups in total. The molecule has 0 bridgehead atoms. The second-order valence-electron chi connectivity index (χ2n) is 7.31. The van der Waals surface area contributed by atoms with E-state index in [-0.39, 0.29) is 18.0 Å². The van der Waals surface area contributed by atoms with Gasteiger partial charge in [0.25, 0.3) is 5.91 Å². The molecule has 1 aliphatic heterocycles. The zero-order chi connectivity index (χ0) is 21.5. The maximum absolute atomic E-state index is 12.6. The fourth-order valence-electron chi connectivity index (χ4n) is 3.39. The number of nitrogens with zero attached hydrogens (tertiary/aromatic N) is 3. The molecule has 31 heavy (non-hydrogen) atoms. The van der Waals surface area contributed by atoms with Crippen LogP contribution in [0.4, 0.5) is 10.5 Å². The van der Waals surface area contributed by atoms with Crippen LogP contribution in [0.2, 0.25) is 0 Å². The summed E-state index contributed by atoms with van der Waals surface area (Å²) in [6.45, 7) is 1.23. The third-order valence-electron chi connectivity index (χ3n) is 5.13. The van der Waals surface area contributed by atoms with Crippen molar-refractivity contribution in [2.75, 3.05) is 18.4 Å². The minimum absolute atomic E-state index is 0.0648. The van der Waals surface area contributed by atoms with Crippen molar-refractivity contribution in [3.05, 3.63) is 72.1 Å². The lowest BCUT2D eigenvalue weighted by Gasteiger charge is -2.32. The Balaban J connectivity index is 1.22. The van der Waals surface area contributed by atoms with Crippen molar-refractivity contribution in [1.29, 1.82) is 0 Å². The molecule has 2 aromatic carbocycles. The van der Waals surface area contributed by atoms with Gasteiger partial charge >= 0.3 is 6.03 Å². The van der Waals surface area contributed by atoms with Crippen molar-refractivity contribution in [2.45, 2.75) is 29.8 Å². The standard InChI is InChI=1S/C22H24N6O2S/c29-20(17-8-6-16(7-9-17)14-31-21-23-15-24-27-21)25-19-10-12-28(13-11-19)22(30)26-18-4-2-1-3-5-18/h1-9,15,19H,10-14H2,(H,25,29)(H,26,30)(H,23,24,27). The number of hydrogen-bond donors (Lipinski definition) is 3. The summed E-state index contributed by atoms with van der Waals surface area (Å²) in [6, 6.07) is 17.0. The summed E-state index contributed by atoms with van der Waals surface area (Å²) in [6.07, 6.45) is 2.95. The van der Waals surface area contributed by atoms with Crippen molar-refractivity contribution in [3.8, 4) is 0 Å². The zero-order valence-electron chi connectivity index (χ0n) is 17.0. The van der Waals surface area contributed by atoms with Crippen LogP contribution in [0.5, 0.6) is 0 Å². The Hall–Kier alpha value is -3.33. The highest BCUT2D eigenvalue weighted by Gasteiger charge is 2.24. The summed E-state index contributed by atoms with van der Waals surface area (Å²) in [7, 11) is 0. The highest BCUT2D eigenvalue weighted by Crippen LogP contribution is 2.19. The number of piperidine rings is 1. The Bertz CT molecular complexity index is 987. The van der Waals surface area contributed by atoms with Crippen LogP contribution in [0.1, 0.15) is 28.8 Å². The Morgan fingerprint density at radius 2 is 1.81 bits per heavy atom. The molecule has 0 saturated carbocycles. The monoisotopic (exact) mass is 436 g/mol. The van der Waals surface area contributed by atoms with E-state index in [0.29, 0.717) is 18.7 Å². The number of nitrogens with one attached hydrogen (secondary N) is 3. The van der Waals surface area contributed by atoms with Crippen molar-refractivity contribution >= 4 is 29.4 Å². The summed E-state index contributed by atoms with van der Waals surface area (Å²) < 4.78 is 0. The Labute approximate surface area is 184 Å². The van der Waals surface area contributed by atoms with Gasteiger partial charge in [-0.1, -0.05) is 42.1 Å². The Morgan fingerprint density at radius 3 is 2.48 bits per heavy atom. The molecule has 1 aliphatic rings. The molecule has 0 atom stereocenters. The number of hydrogen-bond acceptors (Lipinski definition) is 5. The maximum Gasteiger partial charge on any atom is 0.321 e. The van der Waals surface area contributed by atoms with Gasteiger partial charge in [-0.25, -0.2) is 9.78 Å². The number of aromatic amines is 1. The Morgan fingerprint density at radius 1 is 1.06 bits per heavy atom. The molecule has 0 spiro atoms. The molecule has 1 saturated heterocycles. The van der Waals surface area contributed by atoms with Crippen LogP contribution in [-0.4, -0.2) is 51.2 Å². The van der Waals surface area contributed by atoms with E-state index in [1.54, 1.807) is 16.7 Å². The lowest BCUT2D eigenvalue weighted by molar-refractivity contribution is 0.0919. The summed E-state index contributed by atoms with van der Waals surface area (Å²) in [4.78, 5) is 30.9. The van der Waals surface area contributed by atoms with Gasteiger partial charge in [-0.05, 0) is 42.7 Å². The third kappa shape index (κ3) is 5.85. The zero-order valence-corrected chi connectivity index (χ0v) is 17.8. The van der Waals surface area contributed by atoms with E-state index < -0.39 is 0 Å². The van der Waals surface area contributed by atoms with E-state index in [4.69, 9.17) is 0 Å². The van der Waals surface area contributed by atoms with Crippen molar-refractivity contribution in [3.63, 3.8) is 0 Å². The highest BCUT2D eigenvalue weighted by atomic mass is 32.2. The lowest BCUT2D eigenvalue weighted by atomic mass is 10.0. The van der Waals surface area contributed by atoms with Gasteiger partial charge in [0, 0.05) is 36.1 Å². The smallest absolute Gasteiger partial charge is 0.321 e. The maximum atomic E-state index is 12.6. The quantitative estimate of drug-likeness (QED) is 0.513. The van der Waals surface area contributed by atoms with Crippen LogP contribution in [0.25, 0.3) is 0 Å². The van der Waals surface area contributed by atoms with Crippen molar-refractivity contribution in [1.82, 2.24) is 25.4 Å². The summed E-state index contributed by atoms with van der Waals surface area (Å²) in [5, 5.41) is 13.4. The number of likely N-dealkylation sites (tertiary alicyclic amines) is 1. The van der Waals surface area contributed by atoms with Crippen LogP contribution in [-0.2, 0) is 5.75 Å². The van der Waals surface area contributed by atoms with Crippen LogP contribution >= 0.6 is 11.8 Å². The van der Waals surface area contributed by atoms with E-state index in [1.165, 1.54) is 6.33 Å². The first-order valence-corrected chi connectivity index (χ1v) is 11.1. The lowest BCUT2D eigenvalue weighted by Crippen LogP contribution is -2.47. The molecule has 160 valence electrons. The predicted molar refractivity (Wildman–Crippen MR) is 120 cm³/mol. The number of amides is 3. The van der Waals surface area contributed by atoms with Gasteiger partial charge in [0.1, 0.15) is 6.33 Å². The fraction of sp³-hybridized carbons (Fsp3) is 0.273. The van der Waals surface area contributed by atoms with Gasteiger partial charge in [-0.2, -0.15) is 5.10 Å². The molecule has 1 aromatic heterocycles. The first-order valence-electron chi connectivity index (χ1n) is 10.2. The first kappa shape index (κ1) is 20.9. The molecular formula is C22H24N6O2S. The van der Waals surface area contributed by atoms with Crippen LogP contribution in [0.15, 0.2) is 66.1 Å². The number of carbonyl (C=O) groups is 2. The molecule has 3 amide bonds. The van der Waals surface area contributed by atoms with Crippen molar-refractivity contribution < 1.29 is 9.59 Å². The number of aromatic nitrogens is 3. The van der Waals surface area contributed by atoms with Gasteiger partial charge in [0.05, 0.1) is 0 Å². The number of carbonyl (C=O) groups excluding carboxylic acids is 2. The summed E-state index contributed by atoms with van der Waals surface area (Å²) >= 11 is 1.56. The van der Waals surface area contributed by atoms with Gasteiger partial charge in [-0.3, -0.25) is 9.89 Å². The summed E-state index contributed by atoms with van der Waals surface area (Å²) in [5.74, 6) is 0.669. The molecule has 0 aliphatic carbocycles. The van der Waals surface area contributed by atoms with Gasteiger partial charge in [0.15, 0.2) is 5.16 Å². The third-order valence-corrected chi connectivity index (χ3v) is 6.07. The average molecular weight is 437 g/mol. The largest absolute Gasteiger partial charge is 0.349 e. The number of thioether (sulfide) groups is 1. The topological polar surface area (TPSA) is 103 Å². The number of urea groups is 1. The average Bonchev–Trinajstić information content (AvgIpc) is 3.33. The summed E-state index contributed by atoms with van der Waals surface area (Å²) in [5.41, 5.74) is 2.53. The predicted octanol–water partition coefficient (Wildman–Crippen LogP) is 3.52. The van der Waals surface area contributed by atoms with E-state index in [2.05, 4.69) is 25.8 Å². The number of para-hydroxylation sites is 1. The number of rotatable bonds is 6. The molecule has 1 fully saturated rings. The SMILES string of the molecule is O=C(NC1CCN(C(=O)Nc2ccccc2)CC1)c1ccc(CSc2ncn[nH]2)cc1. The molecule has 0 radical (unpaired) electrons. The molecule has 9 heteroatoms. The van der Waals surface area contributed by atoms with Crippen LogP contribution in [0, 0.1) is 0 Å². The molecule has 0 unspecified atom stereocenters. The normalized spacial score (nSPS) is 14.3. The number of benzene rings is 2. The minimum Gasteiger partial charge on any atom is -0.349 e. The van der Waals surface area contributed by atoms with Gasteiger partial charge in [0.2, 0.25) is 0 Å². The van der Waals surface area contributed by atoms with Crippen molar-refractivity contribution in [2.24, 2.45) is 0 Å². The van der Waals surface area contributed by atoms with Crippen LogP contribution < -0.4 is 10.6 Å². The van der Waals surface area contributed by atoms with Gasteiger partial charge in [-0.15, -0.1) is 0 Å². The highest BCUT2D eigenvalue weighted by molar-refractivity contribution is 7.98. The number of H-pyrrole nitrogens is 1. The molecule has 3 aromatic rings. The van der Waals surface area contributed by atoms with E-state index in [1.807, 2.05) is 54.6 Å². The van der Waals surface area contributed by atoms with Gasteiger partial charge < -0.3 is 15.5 Å². The molecular weight excluding hydrogens is 412 g/mol. The molecule has 4 rings (SSSR count). The second kappa shape index (κ2) is 10.1. The first-order chi connectivity index (χ1) is 15.2. The molecule has 8 nitrogen and oxygen atoms in total. The van der Waals surface area contributed by atoms with E-state index >= 15 is 0 Å². The Kier molecular flexibility index (Phi) is 6.83. The number of anilines is 1. The minimum atomic E-state index is -0.102. The van der Waals surface area contributed by atoms with E-state index in [0.717, 1.165) is 35.0 Å². The fourth-order valence-corrected chi connectivity index (χ4v) is 4.12. The molecule has 2 heterocycles.